The molecule has 10 rings (SSSR count). The third-order valence-electron chi connectivity index (χ3n) is 9.58. The van der Waals surface area contributed by atoms with E-state index in [0.717, 1.165) is 42.6 Å². The van der Waals surface area contributed by atoms with Gasteiger partial charge in [-0.25, -0.2) is 0 Å². The zero-order chi connectivity index (χ0) is 45.9. The van der Waals surface area contributed by atoms with Crippen LogP contribution in [0.5, 0.6) is 0 Å². The number of nitrogens with zero attached hydrogens (tertiary/aromatic N) is 3. The fourth-order valence-electron chi connectivity index (χ4n) is 6.72. The minimum Gasteiger partial charge on any atom is 0 e. The predicted octanol–water partition coefficient (Wildman–Crippen LogP) is 13.3. The number of para-hydroxylation sites is 3. The van der Waals surface area contributed by atoms with Crippen LogP contribution in [0.3, 0.4) is 0 Å². The first kappa shape index (κ1) is 28.9. The van der Waals surface area contributed by atoms with Crippen molar-refractivity contribution in [3.63, 3.8) is 0 Å². The van der Waals surface area contributed by atoms with Crippen molar-refractivity contribution in [3.05, 3.63) is 194 Å². The molecule has 0 fully saturated rings. The summed E-state index contributed by atoms with van der Waals surface area (Å²) in [5.41, 5.74) is 5.25. The molecule has 0 aliphatic heterocycles. The molecule has 3 heterocycles. The third-order valence-corrected chi connectivity index (χ3v) is 15.0. The second-order valence-corrected chi connectivity index (χ2v) is 25.9. The SMILES string of the molecule is [2H]c1c([2H])c([2H])c(-c2c([2H])c([2H])c([2H])c([2H])c2-n2c(-c3[c-]ccc4c3sc3cc(-c5ccccc5)ccc34)nc3ccccc32)c([2H])c1[2H].[CH3][Ge]([CH3])([CH3])[c]1ccc(-c2[c-]cccc2)nc1.[Ir]. The van der Waals surface area contributed by atoms with Crippen molar-refractivity contribution in [3.8, 4) is 50.6 Å². The van der Waals surface area contributed by atoms with Crippen molar-refractivity contribution in [2.45, 2.75) is 17.3 Å². The zero-order valence-corrected chi connectivity index (χ0v) is 36.5. The van der Waals surface area contributed by atoms with Crippen LogP contribution in [0.2, 0.25) is 17.3 Å². The summed E-state index contributed by atoms with van der Waals surface area (Å²) in [5.74, 6) is 7.47. The minimum absolute atomic E-state index is 0. The van der Waals surface area contributed by atoms with Crippen LogP contribution in [-0.4, -0.2) is 27.8 Å². The summed E-state index contributed by atoms with van der Waals surface area (Å²) in [6.07, 6.45) is 2.04. The van der Waals surface area contributed by atoms with Gasteiger partial charge in [0, 0.05) is 36.1 Å². The maximum Gasteiger partial charge on any atom is 0 e. The fraction of sp³-hybridized carbons (Fsp3) is 0.0588. The van der Waals surface area contributed by atoms with Gasteiger partial charge in [0.25, 0.3) is 0 Å². The monoisotopic (exact) mass is 1000 g/mol. The second-order valence-electron chi connectivity index (χ2n) is 14.2. The Hall–Kier alpha value is -5.43. The smallest absolute Gasteiger partial charge is 0 e. The van der Waals surface area contributed by atoms with Crippen LogP contribution in [0.4, 0.5) is 0 Å². The first-order chi connectivity index (χ1) is 31.1. The Morgan fingerprint density at radius 1 is 0.667 bits per heavy atom. The molecule has 0 N–H and O–H groups in total. The van der Waals surface area contributed by atoms with E-state index in [0.29, 0.717) is 22.4 Å². The van der Waals surface area contributed by atoms with Gasteiger partial charge in [0.2, 0.25) is 0 Å². The molecule has 0 amide bonds. The molecule has 57 heavy (non-hydrogen) atoms. The fourth-order valence-corrected chi connectivity index (χ4v) is 10.1. The summed E-state index contributed by atoms with van der Waals surface area (Å²) in [4.78, 5) is 9.52. The molecule has 1 radical (unpaired) electrons. The van der Waals surface area contributed by atoms with Gasteiger partial charge >= 0.3 is 99.8 Å². The topological polar surface area (TPSA) is 30.7 Å². The normalized spacial score (nSPS) is 13.5. The van der Waals surface area contributed by atoms with Crippen LogP contribution < -0.4 is 4.40 Å². The summed E-state index contributed by atoms with van der Waals surface area (Å²) >= 11 is -0.152. The molecule has 6 heteroatoms. The number of thiophene rings is 1. The summed E-state index contributed by atoms with van der Waals surface area (Å²) in [6, 6.07) is 41.2. The van der Waals surface area contributed by atoms with Gasteiger partial charge in [-0.2, -0.15) is 11.3 Å². The van der Waals surface area contributed by atoms with Crippen molar-refractivity contribution < 1.29 is 32.4 Å². The van der Waals surface area contributed by atoms with Crippen LogP contribution in [0.1, 0.15) is 12.3 Å². The van der Waals surface area contributed by atoms with Crippen molar-refractivity contribution in [2.75, 3.05) is 0 Å². The van der Waals surface area contributed by atoms with E-state index in [1.807, 2.05) is 60.8 Å². The largest absolute Gasteiger partial charge is 0 e. The molecular weight excluding hydrogens is 951 g/mol. The molecule has 279 valence electrons. The number of pyridine rings is 1. The summed E-state index contributed by atoms with van der Waals surface area (Å²) in [7, 11) is 0. The molecule has 0 saturated heterocycles. The molecule has 3 nitrogen and oxygen atoms in total. The molecule has 10 aromatic rings. The van der Waals surface area contributed by atoms with Crippen LogP contribution in [-0.2, 0) is 20.1 Å². The van der Waals surface area contributed by atoms with Crippen molar-refractivity contribution in [2.24, 2.45) is 0 Å². The van der Waals surface area contributed by atoms with Crippen molar-refractivity contribution in [1.29, 1.82) is 0 Å². The van der Waals surface area contributed by atoms with E-state index >= 15 is 0 Å². The van der Waals surface area contributed by atoms with Crippen LogP contribution in [0.25, 0.3) is 81.8 Å². The molecule has 0 aliphatic carbocycles. The number of fused-ring (bicyclic) bond motifs is 4. The maximum atomic E-state index is 9.18. The van der Waals surface area contributed by atoms with E-state index in [9.17, 15) is 1.37 Å². The first-order valence-electron chi connectivity index (χ1n) is 22.7. The Labute approximate surface area is 367 Å². The minimum atomic E-state index is -1.72. The van der Waals surface area contributed by atoms with E-state index in [4.69, 9.17) is 16.0 Å². The van der Waals surface area contributed by atoms with Gasteiger partial charge in [-0.1, -0.05) is 114 Å². The average molecular weight is 1000 g/mol. The van der Waals surface area contributed by atoms with Gasteiger partial charge in [0.05, 0.1) is 29.2 Å². The van der Waals surface area contributed by atoms with Crippen molar-refractivity contribution in [1.82, 2.24) is 14.5 Å². The molecule has 0 aliphatic rings. The number of hydrogen-bond donors (Lipinski definition) is 0. The van der Waals surface area contributed by atoms with Gasteiger partial charge < -0.3 is 4.57 Å². The Balaban J connectivity index is 0.000000295. The number of hydrogen-bond acceptors (Lipinski definition) is 3. The molecule has 0 bridgehead atoms. The maximum absolute atomic E-state index is 9.18. The van der Waals surface area contributed by atoms with E-state index in [-0.39, 0.29) is 36.9 Å². The summed E-state index contributed by atoms with van der Waals surface area (Å²) < 4.78 is 82.7. The van der Waals surface area contributed by atoms with E-state index in [2.05, 4.69) is 76.8 Å². The Kier molecular flexibility index (Phi) is 8.40. The Bertz CT molecular complexity index is 3440. The molecule has 0 atom stereocenters. The zero-order valence-electron chi connectivity index (χ0n) is 40.2. The van der Waals surface area contributed by atoms with E-state index < -0.39 is 67.6 Å². The van der Waals surface area contributed by atoms with Crippen LogP contribution in [0.15, 0.2) is 182 Å². The van der Waals surface area contributed by atoms with Crippen molar-refractivity contribution >= 4 is 60.2 Å². The van der Waals surface area contributed by atoms with Gasteiger partial charge in [-0.3, -0.25) is 4.98 Å². The predicted molar refractivity (Wildman–Crippen MR) is 241 cm³/mol. The van der Waals surface area contributed by atoms with Gasteiger partial charge in [-0.05, 0) is 51.0 Å². The second kappa shape index (κ2) is 16.6. The Morgan fingerprint density at radius 3 is 2.21 bits per heavy atom. The number of imidazole rings is 1. The standard InChI is InChI=1S/C37H23N2S.C14H16GeN.Ir/c1-3-12-25(13-4-1)27-22-23-29-30-17-11-18-31(36(30)40-35(29)24-27)37-38-32-19-8-10-21-34(32)39(37)33-20-9-7-16-28(33)26-14-5-2-6-15-26;1-15(2,3)13-9-10-14(16-11-13)12-7-5-4-6-8-12;/h1-17,19-24H;4-7,9-11H,1-3H3;/q2*-1;/i2D,5D,6D,7D,9D,14D,15D,16D,20D;;. The Morgan fingerprint density at radius 2 is 1.44 bits per heavy atom. The quantitative estimate of drug-likeness (QED) is 0.123. The molecule has 0 unspecified atom stereocenters. The molecule has 0 saturated carbocycles. The first-order valence-corrected chi connectivity index (χ1v) is 26.3. The van der Waals surface area contributed by atoms with Gasteiger partial charge in [0.15, 0.2) is 0 Å². The summed E-state index contributed by atoms with van der Waals surface area (Å²) in [6.45, 7) is 0. The molecule has 0 spiro atoms. The van der Waals surface area contributed by atoms with E-state index in [1.54, 1.807) is 40.2 Å². The van der Waals surface area contributed by atoms with Crippen LogP contribution >= 0.6 is 11.3 Å². The summed E-state index contributed by atoms with van der Waals surface area (Å²) in [5, 5.41) is 2.01. The number of aromatic nitrogens is 3. The molecule has 3 aromatic heterocycles. The average Bonchev–Trinajstić information content (AvgIpc) is 3.90. The third kappa shape index (κ3) is 7.81. The molecular formula is C51H39GeIrN3S-2. The van der Waals surface area contributed by atoms with Crippen LogP contribution in [0, 0.1) is 12.1 Å². The molecule has 7 aromatic carbocycles. The van der Waals surface area contributed by atoms with Gasteiger partial charge in [-0.15, -0.1) is 18.2 Å². The number of benzene rings is 7. The van der Waals surface area contributed by atoms with Gasteiger partial charge in [0.1, 0.15) is 0 Å². The van der Waals surface area contributed by atoms with E-state index in [1.165, 1.54) is 4.40 Å². The number of rotatable bonds is 6.